The number of carboxylic acids is 2. The summed E-state index contributed by atoms with van der Waals surface area (Å²) in [5, 5.41) is 19.5. The number of H-pyrrole nitrogens is 1. The lowest BCUT2D eigenvalue weighted by atomic mass is 10.1. The van der Waals surface area contributed by atoms with Crippen molar-refractivity contribution in [2.24, 2.45) is 0 Å². The van der Waals surface area contributed by atoms with E-state index in [0.717, 1.165) is 13.0 Å². The monoisotopic (exact) mass is 314 g/mol. The Bertz CT molecular complexity index is 734. The van der Waals surface area contributed by atoms with Gasteiger partial charge in [0.05, 0.1) is 0 Å². The van der Waals surface area contributed by atoms with E-state index in [1.54, 1.807) is 0 Å². The first kappa shape index (κ1) is 16.5. The molecule has 3 rings (SSSR count). The van der Waals surface area contributed by atoms with E-state index in [0.29, 0.717) is 6.04 Å². The fraction of sp³-hybridized carbons (Fsp3) is 0.176. The molecule has 1 aromatic heterocycles. The van der Waals surface area contributed by atoms with Crippen molar-refractivity contribution in [1.82, 2.24) is 10.3 Å². The van der Waals surface area contributed by atoms with E-state index in [2.05, 4.69) is 58.9 Å². The first-order valence-electron chi connectivity index (χ1n) is 7.16. The molecule has 0 saturated heterocycles. The summed E-state index contributed by atoms with van der Waals surface area (Å²) in [6.45, 7) is 0.978. The largest absolute Gasteiger partial charge is 0.473 e. The summed E-state index contributed by atoms with van der Waals surface area (Å²) in [4.78, 5) is 21.4. The summed E-state index contributed by atoms with van der Waals surface area (Å²) in [7, 11) is 0. The number of carboxylic acid groups (broad SMARTS) is 2. The van der Waals surface area contributed by atoms with Crippen molar-refractivity contribution >= 4 is 28.9 Å². The van der Waals surface area contributed by atoms with Gasteiger partial charge in [0.25, 0.3) is 0 Å². The molecule has 4 N–H and O–H groups in total. The van der Waals surface area contributed by atoms with Crippen LogP contribution in [0.5, 0.6) is 0 Å². The number of hydrogen-bond donors (Lipinski definition) is 4. The van der Waals surface area contributed by atoms with Crippen LogP contribution >= 0.6 is 0 Å². The molecule has 0 saturated carbocycles. The number of aromatic amines is 1. The summed E-state index contributed by atoms with van der Waals surface area (Å²) in [5.74, 6) is -3.65. The summed E-state index contributed by atoms with van der Waals surface area (Å²) >= 11 is 0. The molecule has 0 aliphatic carbocycles. The summed E-state index contributed by atoms with van der Waals surface area (Å²) in [6.07, 6.45) is 11.9. The van der Waals surface area contributed by atoms with Crippen LogP contribution in [0.25, 0.3) is 17.0 Å². The molecular weight excluding hydrogens is 296 g/mol. The predicted molar refractivity (Wildman–Crippen MR) is 88.2 cm³/mol. The quantitative estimate of drug-likeness (QED) is 0.503. The second kappa shape index (κ2) is 7.95. The molecule has 1 unspecified atom stereocenters. The van der Waals surface area contributed by atoms with Gasteiger partial charge in [-0.25, -0.2) is 9.59 Å². The second-order valence-corrected chi connectivity index (χ2v) is 5.02. The van der Waals surface area contributed by atoms with Crippen molar-refractivity contribution in [2.45, 2.75) is 12.5 Å². The highest BCUT2D eigenvalue weighted by Crippen LogP contribution is 2.15. The Balaban J connectivity index is 0.000000277. The lowest BCUT2D eigenvalue weighted by Gasteiger charge is -2.15. The van der Waals surface area contributed by atoms with Crippen molar-refractivity contribution in [3.8, 4) is 0 Å². The molecule has 0 fully saturated rings. The number of fused-ring (bicyclic) bond motifs is 1. The minimum Gasteiger partial charge on any atom is -0.473 e. The molecule has 120 valence electrons. The molecular formula is C17H18N2O4. The normalized spacial score (nSPS) is 17.0. The number of aromatic nitrogens is 1. The van der Waals surface area contributed by atoms with Crippen LogP contribution in [0.2, 0.25) is 0 Å². The van der Waals surface area contributed by atoms with Crippen LogP contribution in [0.4, 0.5) is 0 Å². The van der Waals surface area contributed by atoms with Gasteiger partial charge >= 0.3 is 11.9 Å². The van der Waals surface area contributed by atoms with Crippen LogP contribution in [0.15, 0.2) is 48.7 Å². The van der Waals surface area contributed by atoms with Crippen LogP contribution in [-0.2, 0) is 9.59 Å². The van der Waals surface area contributed by atoms with E-state index in [-0.39, 0.29) is 0 Å². The number of carbonyl (C=O) groups is 2. The summed E-state index contributed by atoms with van der Waals surface area (Å²) in [5.41, 5.74) is 2.45. The number of hydrogen-bond acceptors (Lipinski definition) is 3. The molecule has 0 radical (unpaired) electrons. The lowest BCUT2D eigenvalue weighted by Crippen LogP contribution is -2.29. The number of aliphatic carboxylic acids is 2. The van der Waals surface area contributed by atoms with E-state index in [1.165, 1.54) is 16.5 Å². The lowest BCUT2D eigenvalue weighted by molar-refractivity contribution is -0.159. The van der Waals surface area contributed by atoms with E-state index in [4.69, 9.17) is 19.8 Å². The maximum absolute atomic E-state index is 9.10. The average molecular weight is 314 g/mol. The molecule has 0 bridgehead atoms. The molecule has 6 heteroatoms. The first-order chi connectivity index (χ1) is 11.1. The Morgan fingerprint density at radius 1 is 1.13 bits per heavy atom. The van der Waals surface area contributed by atoms with Gasteiger partial charge in [-0.15, -0.1) is 0 Å². The summed E-state index contributed by atoms with van der Waals surface area (Å²) in [6, 6.07) is 9.06. The van der Waals surface area contributed by atoms with Crippen LogP contribution in [0, 0.1) is 0 Å². The Hall–Kier alpha value is -2.86. The Morgan fingerprint density at radius 2 is 1.91 bits per heavy atom. The second-order valence-electron chi connectivity index (χ2n) is 5.02. The zero-order valence-corrected chi connectivity index (χ0v) is 12.4. The molecule has 1 aromatic carbocycles. The highest BCUT2D eigenvalue weighted by Gasteiger charge is 2.04. The van der Waals surface area contributed by atoms with Crippen molar-refractivity contribution in [1.29, 1.82) is 0 Å². The third kappa shape index (κ3) is 5.12. The van der Waals surface area contributed by atoms with Gasteiger partial charge in [0, 0.05) is 24.3 Å². The number of nitrogens with one attached hydrogen (secondary N) is 2. The maximum atomic E-state index is 9.10. The van der Waals surface area contributed by atoms with Gasteiger partial charge in [0.2, 0.25) is 0 Å². The van der Waals surface area contributed by atoms with Gasteiger partial charge in [0.1, 0.15) is 0 Å². The summed E-state index contributed by atoms with van der Waals surface area (Å²) < 4.78 is 0. The van der Waals surface area contributed by atoms with Gasteiger partial charge in [-0.3, -0.25) is 0 Å². The van der Waals surface area contributed by atoms with E-state index < -0.39 is 11.9 Å². The van der Waals surface area contributed by atoms with E-state index in [9.17, 15) is 0 Å². The zero-order valence-electron chi connectivity index (χ0n) is 12.4. The van der Waals surface area contributed by atoms with Gasteiger partial charge in [0.15, 0.2) is 0 Å². The smallest absolute Gasteiger partial charge is 0.414 e. The van der Waals surface area contributed by atoms with Crippen LogP contribution in [-0.4, -0.2) is 39.7 Å². The molecule has 2 aromatic rings. The third-order valence-electron chi connectivity index (χ3n) is 3.34. The van der Waals surface area contributed by atoms with Gasteiger partial charge in [-0.1, -0.05) is 30.4 Å². The van der Waals surface area contributed by atoms with Crippen molar-refractivity contribution < 1.29 is 19.8 Å². The molecule has 6 nitrogen and oxygen atoms in total. The molecule has 0 amide bonds. The molecule has 2 heterocycles. The number of benzene rings is 1. The first-order valence-corrected chi connectivity index (χ1v) is 7.16. The molecule has 1 aliphatic heterocycles. The topological polar surface area (TPSA) is 102 Å². The van der Waals surface area contributed by atoms with E-state index >= 15 is 0 Å². The highest BCUT2D eigenvalue weighted by atomic mass is 16.4. The SMILES string of the molecule is C1=CCC(C=Cc2ccc3[nH]ccc3c2)NC1.O=C(O)C(=O)O. The average Bonchev–Trinajstić information content (AvgIpc) is 3.02. The Labute approximate surface area is 133 Å². The van der Waals surface area contributed by atoms with Gasteiger partial charge in [-0.2, -0.15) is 0 Å². The molecule has 23 heavy (non-hydrogen) atoms. The number of rotatable bonds is 2. The minimum absolute atomic E-state index is 0.474. The molecule has 0 spiro atoms. The maximum Gasteiger partial charge on any atom is 0.414 e. The molecule has 1 atom stereocenters. The van der Waals surface area contributed by atoms with Crippen molar-refractivity contribution in [3.63, 3.8) is 0 Å². The molecule has 1 aliphatic rings. The van der Waals surface area contributed by atoms with Crippen LogP contribution in [0.3, 0.4) is 0 Å². The highest BCUT2D eigenvalue weighted by molar-refractivity contribution is 6.27. The van der Waals surface area contributed by atoms with Crippen molar-refractivity contribution in [2.75, 3.05) is 6.54 Å². The van der Waals surface area contributed by atoms with Gasteiger partial charge in [-0.05, 0) is 35.6 Å². The van der Waals surface area contributed by atoms with Crippen LogP contribution < -0.4 is 5.32 Å². The van der Waals surface area contributed by atoms with E-state index in [1.807, 2.05) is 6.20 Å². The third-order valence-corrected chi connectivity index (χ3v) is 3.34. The van der Waals surface area contributed by atoms with Crippen LogP contribution in [0.1, 0.15) is 12.0 Å². The van der Waals surface area contributed by atoms with Gasteiger partial charge < -0.3 is 20.5 Å². The zero-order chi connectivity index (χ0) is 16.7. The fourth-order valence-corrected chi connectivity index (χ4v) is 2.18. The Morgan fingerprint density at radius 3 is 2.57 bits per heavy atom. The minimum atomic E-state index is -1.82. The predicted octanol–water partition coefficient (Wildman–Crippen LogP) is 2.25. The fourth-order valence-electron chi connectivity index (χ4n) is 2.18. The standard InChI is InChI=1S/C15H16N2.C2H2O4/c1-2-9-16-14(3-1)6-4-12-5-7-15-13(11-12)8-10-17-15;3-1(4)2(5)6/h1-2,4-8,10-11,14,16-17H,3,9H2;(H,3,4)(H,5,6). The Kier molecular flexibility index (Phi) is 5.71. The van der Waals surface area contributed by atoms with Crippen molar-refractivity contribution in [3.05, 3.63) is 54.3 Å².